The highest BCUT2D eigenvalue weighted by Gasteiger charge is 2.38. The average molecular weight is 362 g/mol. The van der Waals surface area contributed by atoms with Gasteiger partial charge < -0.3 is 26.2 Å². The molecule has 0 saturated heterocycles. The zero-order valence-corrected chi connectivity index (χ0v) is 14.8. The normalized spacial score (nSPS) is 15.9. The standard InChI is InChI=1S/C16H30N2O7/c1-3-4-5-6-7-8-9-10(19)18(2)16(25)14(23)12(21)11(20)13(22)15(17)24/h11-14,20-23H,3-9H2,1-2H3,(H2,17,24). The van der Waals surface area contributed by atoms with Gasteiger partial charge >= 0.3 is 0 Å². The van der Waals surface area contributed by atoms with Crippen LogP contribution in [0.25, 0.3) is 0 Å². The fourth-order valence-electron chi connectivity index (χ4n) is 2.23. The number of rotatable bonds is 12. The summed E-state index contributed by atoms with van der Waals surface area (Å²) in [5, 5.41) is 38.2. The predicted octanol–water partition coefficient (Wildman–Crippen LogP) is -1.35. The number of nitrogens with two attached hydrogens (primary N) is 1. The molecule has 0 aliphatic rings. The quantitative estimate of drug-likeness (QED) is 0.268. The third kappa shape index (κ3) is 7.91. The molecule has 4 atom stereocenters. The second-order valence-electron chi connectivity index (χ2n) is 6.08. The predicted molar refractivity (Wildman–Crippen MR) is 89.0 cm³/mol. The molecule has 0 bridgehead atoms. The summed E-state index contributed by atoms with van der Waals surface area (Å²) in [7, 11) is 1.15. The van der Waals surface area contributed by atoms with Gasteiger partial charge in [0.1, 0.15) is 12.2 Å². The van der Waals surface area contributed by atoms with Crippen LogP contribution in [0.1, 0.15) is 51.9 Å². The molecule has 4 unspecified atom stereocenters. The number of carbonyl (C=O) groups is 3. The van der Waals surface area contributed by atoms with E-state index in [0.29, 0.717) is 11.3 Å². The molecule has 146 valence electrons. The summed E-state index contributed by atoms with van der Waals surface area (Å²) in [6.45, 7) is 2.10. The van der Waals surface area contributed by atoms with E-state index in [2.05, 4.69) is 6.92 Å². The Labute approximate surface area is 147 Å². The number of imide groups is 1. The summed E-state index contributed by atoms with van der Waals surface area (Å²) < 4.78 is 0. The third-order valence-electron chi connectivity index (χ3n) is 3.99. The van der Waals surface area contributed by atoms with Crippen molar-refractivity contribution in [3.63, 3.8) is 0 Å². The van der Waals surface area contributed by atoms with Gasteiger partial charge in [-0.3, -0.25) is 19.3 Å². The van der Waals surface area contributed by atoms with Gasteiger partial charge in [-0.05, 0) is 6.42 Å². The molecule has 0 aromatic carbocycles. The van der Waals surface area contributed by atoms with Gasteiger partial charge in [0.15, 0.2) is 12.2 Å². The van der Waals surface area contributed by atoms with Crippen LogP contribution in [-0.2, 0) is 14.4 Å². The topological polar surface area (TPSA) is 161 Å². The molecule has 0 saturated carbocycles. The molecule has 0 radical (unpaired) electrons. The number of hydrogen-bond donors (Lipinski definition) is 5. The first-order valence-corrected chi connectivity index (χ1v) is 8.47. The fourth-order valence-corrected chi connectivity index (χ4v) is 2.23. The van der Waals surface area contributed by atoms with E-state index in [-0.39, 0.29) is 6.42 Å². The van der Waals surface area contributed by atoms with Crippen LogP contribution in [0.4, 0.5) is 0 Å². The lowest BCUT2D eigenvalue weighted by molar-refractivity contribution is -0.163. The molecular formula is C16H30N2O7. The van der Waals surface area contributed by atoms with Gasteiger partial charge in [-0.1, -0.05) is 39.0 Å². The number of likely N-dealkylation sites (N-methyl/N-ethyl adjacent to an activating group) is 1. The molecule has 3 amide bonds. The van der Waals surface area contributed by atoms with Gasteiger partial charge in [0.25, 0.3) is 5.91 Å². The van der Waals surface area contributed by atoms with Crippen LogP contribution in [0.2, 0.25) is 0 Å². The Morgan fingerprint density at radius 2 is 1.36 bits per heavy atom. The Hall–Kier alpha value is -1.55. The molecule has 9 heteroatoms. The molecule has 25 heavy (non-hydrogen) atoms. The molecule has 0 spiro atoms. The monoisotopic (exact) mass is 362 g/mol. The van der Waals surface area contributed by atoms with Crippen molar-refractivity contribution in [2.24, 2.45) is 5.73 Å². The molecule has 0 aromatic heterocycles. The second-order valence-corrected chi connectivity index (χ2v) is 6.08. The highest BCUT2D eigenvalue weighted by molar-refractivity contribution is 5.97. The maximum absolute atomic E-state index is 12.0. The van der Waals surface area contributed by atoms with Crippen LogP contribution in [0.5, 0.6) is 0 Å². The summed E-state index contributed by atoms with van der Waals surface area (Å²) in [6.07, 6.45) is -2.75. The zero-order valence-electron chi connectivity index (χ0n) is 14.8. The number of aliphatic hydroxyl groups is 4. The minimum absolute atomic E-state index is 0.115. The Kier molecular flexibility index (Phi) is 11.2. The maximum atomic E-state index is 12.0. The number of amides is 3. The van der Waals surface area contributed by atoms with Gasteiger partial charge in [-0.15, -0.1) is 0 Å². The van der Waals surface area contributed by atoms with Crippen molar-refractivity contribution < 1.29 is 34.8 Å². The van der Waals surface area contributed by atoms with Crippen LogP contribution in [-0.4, -0.2) is 74.5 Å². The van der Waals surface area contributed by atoms with E-state index in [1.165, 1.54) is 0 Å². The van der Waals surface area contributed by atoms with Gasteiger partial charge in [-0.2, -0.15) is 0 Å². The van der Waals surface area contributed by atoms with Crippen LogP contribution < -0.4 is 5.73 Å². The first kappa shape index (κ1) is 23.4. The van der Waals surface area contributed by atoms with E-state index in [9.17, 15) is 34.8 Å². The number of nitrogens with zero attached hydrogens (tertiary/aromatic N) is 1. The van der Waals surface area contributed by atoms with Crippen LogP contribution in [0, 0.1) is 0 Å². The summed E-state index contributed by atoms with van der Waals surface area (Å²) in [5.41, 5.74) is 4.77. The van der Waals surface area contributed by atoms with Crippen molar-refractivity contribution in [3.8, 4) is 0 Å². The summed E-state index contributed by atoms with van der Waals surface area (Å²) in [4.78, 5) is 35.3. The van der Waals surface area contributed by atoms with E-state index in [1.807, 2.05) is 0 Å². The second kappa shape index (κ2) is 11.9. The van der Waals surface area contributed by atoms with Crippen molar-refractivity contribution >= 4 is 17.7 Å². The Morgan fingerprint density at radius 1 is 0.880 bits per heavy atom. The molecule has 0 fully saturated rings. The summed E-state index contributed by atoms with van der Waals surface area (Å²) in [5.74, 6) is -2.99. The molecule has 0 aromatic rings. The van der Waals surface area contributed by atoms with Gasteiger partial charge in [0.2, 0.25) is 11.8 Å². The lowest BCUT2D eigenvalue weighted by Gasteiger charge is -2.26. The largest absolute Gasteiger partial charge is 0.387 e. The highest BCUT2D eigenvalue weighted by atomic mass is 16.4. The third-order valence-corrected chi connectivity index (χ3v) is 3.99. The Balaban J connectivity index is 4.45. The van der Waals surface area contributed by atoms with Gasteiger partial charge in [0, 0.05) is 13.5 Å². The van der Waals surface area contributed by atoms with E-state index in [4.69, 9.17) is 5.73 Å². The van der Waals surface area contributed by atoms with E-state index < -0.39 is 42.1 Å². The highest BCUT2D eigenvalue weighted by Crippen LogP contribution is 2.11. The maximum Gasteiger partial charge on any atom is 0.260 e. The molecule has 9 nitrogen and oxygen atoms in total. The lowest BCUT2D eigenvalue weighted by atomic mass is 10.0. The molecule has 0 rings (SSSR count). The molecule has 6 N–H and O–H groups in total. The summed E-state index contributed by atoms with van der Waals surface area (Å²) in [6, 6.07) is 0. The van der Waals surface area contributed by atoms with Crippen LogP contribution in [0.15, 0.2) is 0 Å². The smallest absolute Gasteiger partial charge is 0.260 e. The van der Waals surface area contributed by atoms with Crippen LogP contribution in [0.3, 0.4) is 0 Å². The zero-order chi connectivity index (χ0) is 19.6. The molecule has 0 aliphatic heterocycles. The van der Waals surface area contributed by atoms with Crippen molar-refractivity contribution in [1.29, 1.82) is 0 Å². The lowest BCUT2D eigenvalue weighted by Crippen LogP contribution is -2.54. The Morgan fingerprint density at radius 3 is 1.88 bits per heavy atom. The first-order chi connectivity index (χ1) is 11.6. The number of primary amides is 1. The first-order valence-electron chi connectivity index (χ1n) is 8.47. The van der Waals surface area contributed by atoms with Crippen molar-refractivity contribution in [1.82, 2.24) is 4.90 Å². The minimum Gasteiger partial charge on any atom is -0.387 e. The minimum atomic E-state index is -2.18. The average Bonchev–Trinajstić information content (AvgIpc) is 2.60. The summed E-state index contributed by atoms with van der Waals surface area (Å²) >= 11 is 0. The van der Waals surface area contributed by atoms with Gasteiger partial charge in [0.05, 0.1) is 0 Å². The van der Waals surface area contributed by atoms with Crippen molar-refractivity contribution in [2.45, 2.75) is 76.3 Å². The van der Waals surface area contributed by atoms with E-state index in [0.717, 1.165) is 39.2 Å². The van der Waals surface area contributed by atoms with E-state index in [1.54, 1.807) is 0 Å². The molecular weight excluding hydrogens is 332 g/mol. The molecule has 0 aliphatic carbocycles. The number of aliphatic hydroxyl groups excluding tert-OH is 4. The van der Waals surface area contributed by atoms with Gasteiger partial charge in [-0.25, -0.2) is 0 Å². The molecule has 0 heterocycles. The van der Waals surface area contributed by atoms with E-state index >= 15 is 0 Å². The van der Waals surface area contributed by atoms with Crippen molar-refractivity contribution in [2.75, 3.05) is 7.05 Å². The number of hydrogen-bond acceptors (Lipinski definition) is 7. The SMILES string of the molecule is CCCCCCCCC(=O)N(C)C(=O)C(O)C(O)C(O)C(O)C(N)=O. The van der Waals surface area contributed by atoms with Crippen molar-refractivity contribution in [3.05, 3.63) is 0 Å². The fraction of sp³-hybridized carbons (Fsp3) is 0.812. The van der Waals surface area contributed by atoms with Crippen LogP contribution >= 0.6 is 0 Å². The Bertz CT molecular complexity index is 444. The number of unbranched alkanes of at least 4 members (excludes halogenated alkanes) is 5. The number of carbonyl (C=O) groups excluding carboxylic acids is 3.